The number of benzene rings is 4. The maximum absolute atomic E-state index is 14.8. The standard InChI is InChI=1S/C63H83N9O8/c1-37(64-9)55(73)69-53(62(3,4)5)60(78)71-34-43-29-30-46(31-44(43)32-51(71)58(76)67-49-23-15-19-40-17-11-13-21-47(40)49)80-36-39-25-27-42(28-26-39)57(75)66-45-33-52(59(77)68-50-24-16-20-41-18-12-14-22-48(41)50)72(35-45)61(79)54(63(6,7)8)70-56(74)38(2)65-10/h11-14,17-18,21-22,25-31,37-38,45,49-54,64-65H,15-16,19-20,23-24,32-36H2,1-10H3,(H,66,75)(H,67,76)(H,68,77)(H,69,73)(H,70,74)/t37-,38-,45-,49?,50?,51+,52?,53?,54?/m0/s1. The molecule has 2 heterocycles. The summed E-state index contributed by atoms with van der Waals surface area (Å²) in [6.07, 6.45) is 5.67. The predicted molar refractivity (Wildman–Crippen MR) is 307 cm³/mol. The zero-order chi connectivity index (χ0) is 57.6. The van der Waals surface area contributed by atoms with Gasteiger partial charge in [-0.25, -0.2) is 0 Å². The van der Waals surface area contributed by atoms with Crippen LogP contribution >= 0.6 is 0 Å². The molecule has 9 atom stereocenters. The number of carbonyl (C=O) groups excluding carboxylic acids is 7. The lowest BCUT2D eigenvalue weighted by molar-refractivity contribution is -0.147. The summed E-state index contributed by atoms with van der Waals surface area (Å²) in [4.78, 5) is 102. The summed E-state index contributed by atoms with van der Waals surface area (Å²) >= 11 is 0. The van der Waals surface area contributed by atoms with Crippen molar-refractivity contribution < 1.29 is 38.3 Å². The molecule has 0 saturated carbocycles. The van der Waals surface area contributed by atoms with Crippen LogP contribution < -0.4 is 42.0 Å². The third-order valence-electron chi connectivity index (χ3n) is 16.6. The van der Waals surface area contributed by atoms with E-state index < -0.39 is 59.0 Å². The maximum Gasteiger partial charge on any atom is 0.251 e. The number of likely N-dealkylation sites (N-methyl/N-ethyl adjacent to an activating group) is 2. The first-order chi connectivity index (χ1) is 38.0. The molecule has 428 valence electrons. The van der Waals surface area contributed by atoms with Crippen LogP contribution in [0.15, 0.2) is 91.0 Å². The van der Waals surface area contributed by atoms with Crippen molar-refractivity contribution in [1.29, 1.82) is 0 Å². The molecule has 4 aromatic rings. The highest BCUT2D eigenvalue weighted by Crippen LogP contribution is 2.35. The fourth-order valence-corrected chi connectivity index (χ4v) is 11.5. The van der Waals surface area contributed by atoms with Crippen molar-refractivity contribution in [2.75, 3.05) is 20.6 Å². The highest BCUT2D eigenvalue weighted by molar-refractivity contribution is 5.97. The third kappa shape index (κ3) is 13.7. The zero-order valence-electron chi connectivity index (χ0n) is 48.3. The van der Waals surface area contributed by atoms with Gasteiger partial charge in [0.2, 0.25) is 35.4 Å². The van der Waals surface area contributed by atoms with E-state index in [0.717, 1.165) is 66.3 Å². The first kappa shape index (κ1) is 59.0. The highest BCUT2D eigenvalue weighted by Gasteiger charge is 2.47. The lowest BCUT2D eigenvalue weighted by Crippen LogP contribution is -2.62. The van der Waals surface area contributed by atoms with Gasteiger partial charge in [0.25, 0.3) is 5.91 Å². The van der Waals surface area contributed by atoms with Crippen LogP contribution in [0, 0.1) is 10.8 Å². The zero-order valence-corrected chi connectivity index (χ0v) is 48.3. The Bertz CT molecular complexity index is 2930. The molecule has 7 N–H and O–H groups in total. The van der Waals surface area contributed by atoms with Crippen LogP contribution in [0.4, 0.5) is 0 Å². The molecule has 17 nitrogen and oxygen atoms in total. The molecule has 80 heavy (non-hydrogen) atoms. The van der Waals surface area contributed by atoms with Crippen LogP contribution in [0.25, 0.3) is 0 Å². The lowest BCUT2D eigenvalue weighted by atomic mass is 9.83. The minimum atomic E-state index is -0.947. The van der Waals surface area contributed by atoms with Crippen LogP contribution in [0.3, 0.4) is 0 Å². The molecular weight excluding hydrogens is 1010 g/mol. The number of likely N-dealkylation sites (tertiary alicyclic amines) is 1. The average Bonchev–Trinajstić information content (AvgIpc) is 3.92. The molecule has 0 radical (unpaired) electrons. The first-order valence-electron chi connectivity index (χ1n) is 28.5. The van der Waals surface area contributed by atoms with E-state index in [-0.39, 0.29) is 80.1 Å². The molecule has 2 aliphatic carbocycles. The second-order valence-corrected chi connectivity index (χ2v) is 24.5. The van der Waals surface area contributed by atoms with Crippen molar-refractivity contribution in [3.8, 4) is 5.75 Å². The SMILES string of the molecule is CN[C@@H](C)C(=O)NC(C(=O)N1C[C@@H](NC(=O)c2ccc(COc3ccc4c(c3)C[C@H](C(=O)NC3CCCc5ccccc53)N(C(=O)C(NC(=O)[C@H](C)NC)C(C)(C)C)C4)cc2)CC1C(=O)NC1CCCc2ccccc21)C(C)(C)C. The molecule has 4 aromatic carbocycles. The molecule has 7 amide bonds. The number of carbonyl (C=O) groups is 7. The Balaban J connectivity index is 0.955. The Hall–Kier alpha value is -7.11. The van der Waals surface area contributed by atoms with Crippen molar-refractivity contribution in [3.63, 3.8) is 0 Å². The van der Waals surface area contributed by atoms with Gasteiger partial charge in [0.05, 0.1) is 24.2 Å². The maximum atomic E-state index is 14.8. The fraction of sp³-hybridized carbons (Fsp3) is 0.508. The first-order valence-corrected chi connectivity index (χ1v) is 28.5. The fourth-order valence-electron chi connectivity index (χ4n) is 11.5. The summed E-state index contributed by atoms with van der Waals surface area (Å²) < 4.78 is 6.34. The summed E-state index contributed by atoms with van der Waals surface area (Å²) in [5.41, 5.74) is 6.10. The smallest absolute Gasteiger partial charge is 0.251 e. The van der Waals surface area contributed by atoms with Crippen LogP contribution in [0.2, 0.25) is 0 Å². The Morgan fingerprint density at radius 2 is 1.11 bits per heavy atom. The summed E-state index contributed by atoms with van der Waals surface area (Å²) in [5, 5.41) is 21.5. The number of hydrogen-bond acceptors (Lipinski definition) is 10. The second-order valence-electron chi connectivity index (χ2n) is 24.5. The van der Waals surface area contributed by atoms with Crippen molar-refractivity contribution in [2.24, 2.45) is 10.8 Å². The summed E-state index contributed by atoms with van der Waals surface area (Å²) in [5.74, 6) is -1.74. The minimum absolute atomic E-state index is 0.0708. The van der Waals surface area contributed by atoms with Crippen molar-refractivity contribution in [3.05, 3.63) is 136 Å². The highest BCUT2D eigenvalue weighted by atomic mass is 16.5. The van der Waals surface area contributed by atoms with Gasteiger partial charge in [-0.05, 0) is 147 Å². The van der Waals surface area contributed by atoms with Gasteiger partial charge in [-0.1, -0.05) is 108 Å². The molecule has 17 heteroatoms. The number of fused-ring (bicyclic) bond motifs is 3. The third-order valence-corrected chi connectivity index (χ3v) is 16.6. The van der Waals surface area contributed by atoms with Crippen LogP contribution in [-0.4, -0.2) is 114 Å². The number of hydrogen-bond donors (Lipinski definition) is 7. The lowest BCUT2D eigenvalue weighted by Gasteiger charge is -2.41. The molecule has 0 aromatic heterocycles. The molecule has 2 aliphatic heterocycles. The molecule has 0 bridgehead atoms. The van der Waals surface area contributed by atoms with E-state index >= 15 is 0 Å². The predicted octanol–water partition coefficient (Wildman–Crippen LogP) is 5.88. The minimum Gasteiger partial charge on any atom is -0.489 e. The molecular formula is C63H83N9O8. The Kier molecular flexibility index (Phi) is 18.5. The molecule has 8 rings (SSSR count). The van der Waals surface area contributed by atoms with Crippen molar-refractivity contribution in [1.82, 2.24) is 47.0 Å². The monoisotopic (exact) mass is 1090 g/mol. The van der Waals surface area contributed by atoms with Gasteiger partial charge in [0.15, 0.2) is 0 Å². The van der Waals surface area contributed by atoms with E-state index in [1.54, 1.807) is 45.0 Å². The number of aryl methyl sites for hydroxylation is 2. The Morgan fingerprint density at radius 3 is 1.64 bits per heavy atom. The average molecular weight is 1090 g/mol. The van der Waals surface area contributed by atoms with Crippen LogP contribution in [0.1, 0.15) is 149 Å². The van der Waals surface area contributed by atoms with Crippen molar-refractivity contribution in [2.45, 2.75) is 174 Å². The van der Waals surface area contributed by atoms with Crippen LogP contribution in [0.5, 0.6) is 5.75 Å². The van der Waals surface area contributed by atoms with E-state index in [0.29, 0.717) is 11.3 Å². The molecule has 4 aliphatic rings. The van der Waals surface area contributed by atoms with E-state index in [2.05, 4.69) is 55.4 Å². The van der Waals surface area contributed by atoms with Gasteiger partial charge in [-0.3, -0.25) is 33.6 Å². The quantitative estimate of drug-likeness (QED) is 0.0666. The van der Waals surface area contributed by atoms with E-state index in [1.165, 1.54) is 16.0 Å². The summed E-state index contributed by atoms with van der Waals surface area (Å²) in [7, 11) is 3.36. The normalized spacial score (nSPS) is 21.2. The molecule has 1 fully saturated rings. The van der Waals surface area contributed by atoms with Gasteiger partial charge in [0, 0.05) is 31.1 Å². The van der Waals surface area contributed by atoms with Gasteiger partial charge < -0.3 is 51.8 Å². The molecule has 0 spiro atoms. The van der Waals surface area contributed by atoms with Gasteiger partial charge in [-0.15, -0.1) is 0 Å². The van der Waals surface area contributed by atoms with E-state index in [1.807, 2.05) is 102 Å². The Labute approximate surface area is 471 Å². The topological polar surface area (TPSA) is 219 Å². The van der Waals surface area contributed by atoms with Crippen molar-refractivity contribution >= 4 is 41.4 Å². The summed E-state index contributed by atoms with van der Waals surface area (Å²) in [6.45, 7) is 15.2. The van der Waals surface area contributed by atoms with Gasteiger partial charge in [-0.2, -0.15) is 0 Å². The van der Waals surface area contributed by atoms with E-state index in [9.17, 15) is 33.6 Å². The second kappa shape index (κ2) is 25.1. The number of nitrogens with zero attached hydrogens (tertiary/aromatic N) is 2. The van der Waals surface area contributed by atoms with E-state index in [4.69, 9.17) is 4.74 Å². The van der Waals surface area contributed by atoms with Crippen LogP contribution in [-0.2, 0) is 61.2 Å². The summed E-state index contributed by atoms with van der Waals surface area (Å²) in [6, 6.07) is 23.3. The number of nitrogens with one attached hydrogen (secondary N) is 7. The van der Waals surface area contributed by atoms with Gasteiger partial charge in [0.1, 0.15) is 36.5 Å². The Morgan fingerprint density at radius 1 is 0.600 bits per heavy atom. The van der Waals surface area contributed by atoms with Gasteiger partial charge >= 0.3 is 0 Å². The number of amides is 7. The number of ether oxygens (including phenoxy) is 1. The molecule has 5 unspecified atom stereocenters. The number of rotatable bonds is 17. The molecule has 1 saturated heterocycles. The largest absolute Gasteiger partial charge is 0.489 e.